The molecule has 9 aromatic rings. The van der Waals surface area contributed by atoms with Crippen molar-refractivity contribution in [1.29, 1.82) is 0 Å². The summed E-state index contributed by atoms with van der Waals surface area (Å²) in [5.74, 6) is 0. The van der Waals surface area contributed by atoms with Crippen molar-refractivity contribution in [2.75, 3.05) is 0 Å². The van der Waals surface area contributed by atoms with Gasteiger partial charge in [-0.05, 0) is 112 Å². The van der Waals surface area contributed by atoms with Crippen LogP contribution >= 0.6 is 0 Å². The first-order valence-corrected chi connectivity index (χ1v) is 18.6. The van der Waals surface area contributed by atoms with Gasteiger partial charge in [-0.3, -0.25) is 0 Å². The molecule has 0 fully saturated rings. The van der Waals surface area contributed by atoms with Crippen molar-refractivity contribution in [1.82, 2.24) is 0 Å². The summed E-state index contributed by atoms with van der Waals surface area (Å²) in [4.78, 5) is 0. The van der Waals surface area contributed by atoms with Crippen LogP contribution in [0.15, 0.2) is 194 Å². The van der Waals surface area contributed by atoms with Crippen LogP contribution in [0.3, 0.4) is 0 Å². The van der Waals surface area contributed by atoms with Crippen LogP contribution in [-0.4, -0.2) is 0 Å². The molecule has 0 saturated carbocycles. The van der Waals surface area contributed by atoms with E-state index in [1.165, 1.54) is 99.4 Å². The molecule has 0 heteroatoms. The molecule has 0 heterocycles. The lowest BCUT2D eigenvalue weighted by Gasteiger charge is -2.23. The van der Waals surface area contributed by atoms with Gasteiger partial charge in [-0.1, -0.05) is 196 Å². The van der Waals surface area contributed by atoms with Gasteiger partial charge in [0, 0.05) is 5.41 Å². The lowest BCUT2D eigenvalue weighted by molar-refractivity contribution is 0.660. The number of fused-ring (bicyclic) bond motifs is 5. The average Bonchev–Trinajstić information content (AvgIpc) is 3.45. The third kappa shape index (κ3) is 5.13. The minimum atomic E-state index is -0.0646. The van der Waals surface area contributed by atoms with E-state index in [0.717, 1.165) is 0 Å². The molecule has 0 spiro atoms. The second-order valence-electron chi connectivity index (χ2n) is 14.9. The molecule has 1 aliphatic rings. The summed E-state index contributed by atoms with van der Waals surface area (Å²) in [6.45, 7) is 4.73. The zero-order valence-electron chi connectivity index (χ0n) is 30.0. The lowest BCUT2D eigenvalue weighted by Crippen LogP contribution is -2.14. The fourth-order valence-electron chi connectivity index (χ4n) is 8.80. The molecule has 0 nitrogen and oxygen atoms in total. The SMILES string of the molecule is CC1(C)c2ccccc2-c2ccc(-c3ccc4c(-c5ccccc5)c(-c5ccc(-c6ccc7ccccc7c6)cc5)ccc4c3-c3ccccc3)cc21. The molecule has 0 radical (unpaired) electrons. The van der Waals surface area contributed by atoms with Crippen molar-refractivity contribution in [2.24, 2.45) is 0 Å². The second-order valence-corrected chi connectivity index (χ2v) is 14.9. The zero-order chi connectivity index (χ0) is 35.5. The van der Waals surface area contributed by atoms with E-state index in [2.05, 4.69) is 208 Å². The van der Waals surface area contributed by atoms with E-state index in [1.54, 1.807) is 0 Å². The molecule has 0 unspecified atom stereocenters. The van der Waals surface area contributed by atoms with Crippen molar-refractivity contribution in [3.05, 3.63) is 205 Å². The molecule has 0 aromatic heterocycles. The van der Waals surface area contributed by atoms with Crippen molar-refractivity contribution in [2.45, 2.75) is 19.3 Å². The van der Waals surface area contributed by atoms with Gasteiger partial charge in [0.15, 0.2) is 0 Å². The quantitative estimate of drug-likeness (QED) is 0.170. The number of hydrogen-bond acceptors (Lipinski definition) is 0. The monoisotopic (exact) mass is 674 g/mol. The maximum atomic E-state index is 2.45. The van der Waals surface area contributed by atoms with Gasteiger partial charge in [-0.2, -0.15) is 0 Å². The molecular weight excluding hydrogens is 637 g/mol. The third-order valence-corrected chi connectivity index (χ3v) is 11.5. The maximum Gasteiger partial charge on any atom is 0.0159 e. The van der Waals surface area contributed by atoms with E-state index in [4.69, 9.17) is 0 Å². The predicted octanol–water partition coefficient (Wildman–Crippen LogP) is 14.6. The highest BCUT2D eigenvalue weighted by atomic mass is 14.4. The van der Waals surface area contributed by atoms with E-state index in [1.807, 2.05) is 0 Å². The van der Waals surface area contributed by atoms with E-state index in [0.29, 0.717) is 0 Å². The first kappa shape index (κ1) is 31.3. The van der Waals surface area contributed by atoms with Gasteiger partial charge in [-0.15, -0.1) is 0 Å². The highest BCUT2D eigenvalue weighted by Crippen LogP contribution is 2.51. The topological polar surface area (TPSA) is 0 Å². The smallest absolute Gasteiger partial charge is 0.0159 e. The Balaban J connectivity index is 1.16. The molecule has 1 aliphatic carbocycles. The van der Waals surface area contributed by atoms with Gasteiger partial charge in [0.2, 0.25) is 0 Å². The van der Waals surface area contributed by atoms with Crippen LogP contribution in [0.25, 0.3) is 88.3 Å². The molecule has 0 N–H and O–H groups in total. The second kappa shape index (κ2) is 12.3. The Labute approximate surface area is 311 Å². The summed E-state index contributed by atoms with van der Waals surface area (Å²) in [6.07, 6.45) is 0. The first-order valence-electron chi connectivity index (χ1n) is 18.6. The summed E-state index contributed by atoms with van der Waals surface area (Å²) in [6, 6.07) is 71.7. The summed E-state index contributed by atoms with van der Waals surface area (Å²) in [7, 11) is 0. The van der Waals surface area contributed by atoms with Gasteiger partial charge in [0.05, 0.1) is 0 Å². The van der Waals surface area contributed by atoms with Crippen LogP contribution in [-0.2, 0) is 5.41 Å². The molecule has 0 amide bonds. The Morgan fingerprint density at radius 2 is 0.774 bits per heavy atom. The molecule has 0 aliphatic heterocycles. The van der Waals surface area contributed by atoms with Gasteiger partial charge in [-0.25, -0.2) is 0 Å². The van der Waals surface area contributed by atoms with Crippen LogP contribution in [0.1, 0.15) is 25.0 Å². The van der Waals surface area contributed by atoms with E-state index in [9.17, 15) is 0 Å². The van der Waals surface area contributed by atoms with Crippen molar-refractivity contribution >= 4 is 21.5 Å². The Morgan fingerprint density at radius 1 is 0.283 bits per heavy atom. The highest BCUT2D eigenvalue weighted by Gasteiger charge is 2.35. The van der Waals surface area contributed by atoms with E-state index in [-0.39, 0.29) is 5.41 Å². The molecular formula is C53H38. The van der Waals surface area contributed by atoms with Crippen LogP contribution in [0.4, 0.5) is 0 Å². The summed E-state index contributed by atoms with van der Waals surface area (Å²) in [5.41, 5.74) is 17.8. The molecule has 250 valence electrons. The Bertz CT molecular complexity index is 2820. The fourth-order valence-corrected chi connectivity index (χ4v) is 8.80. The first-order chi connectivity index (χ1) is 26.0. The van der Waals surface area contributed by atoms with Crippen molar-refractivity contribution < 1.29 is 0 Å². The maximum absolute atomic E-state index is 2.45. The minimum Gasteiger partial charge on any atom is -0.0622 e. The van der Waals surface area contributed by atoms with E-state index >= 15 is 0 Å². The number of rotatable bonds is 5. The van der Waals surface area contributed by atoms with Crippen molar-refractivity contribution in [3.63, 3.8) is 0 Å². The van der Waals surface area contributed by atoms with Gasteiger partial charge >= 0.3 is 0 Å². The van der Waals surface area contributed by atoms with Crippen LogP contribution in [0.5, 0.6) is 0 Å². The summed E-state index contributed by atoms with van der Waals surface area (Å²) >= 11 is 0. The molecule has 9 aromatic carbocycles. The number of hydrogen-bond donors (Lipinski definition) is 0. The van der Waals surface area contributed by atoms with E-state index < -0.39 is 0 Å². The molecule has 53 heavy (non-hydrogen) atoms. The number of benzene rings is 9. The molecule has 0 atom stereocenters. The molecule has 10 rings (SSSR count). The summed E-state index contributed by atoms with van der Waals surface area (Å²) < 4.78 is 0. The van der Waals surface area contributed by atoms with Crippen LogP contribution in [0, 0.1) is 0 Å². The van der Waals surface area contributed by atoms with Gasteiger partial charge < -0.3 is 0 Å². The van der Waals surface area contributed by atoms with Crippen LogP contribution in [0.2, 0.25) is 0 Å². The van der Waals surface area contributed by atoms with Gasteiger partial charge in [0.25, 0.3) is 0 Å². The Hall–Kier alpha value is -6.50. The predicted molar refractivity (Wildman–Crippen MR) is 226 cm³/mol. The van der Waals surface area contributed by atoms with Crippen molar-refractivity contribution in [3.8, 4) is 66.8 Å². The highest BCUT2D eigenvalue weighted by molar-refractivity contribution is 6.13. The average molecular weight is 675 g/mol. The van der Waals surface area contributed by atoms with Gasteiger partial charge in [0.1, 0.15) is 0 Å². The molecule has 0 bridgehead atoms. The third-order valence-electron chi connectivity index (χ3n) is 11.5. The minimum absolute atomic E-state index is 0.0646. The molecule has 0 saturated heterocycles. The summed E-state index contributed by atoms with van der Waals surface area (Å²) in [5, 5.41) is 5.04. The van der Waals surface area contributed by atoms with Crippen LogP contribution < -0.4 is 0 Å². The largest absolute Gasteiger partial charge is 0.0622 e. The Kier molecular flexibility index (Phi) is 7.27. The zero-order valence-corrected chi connectivity index (χ0v) is 30.0. The fraction of sp³-hybridized carbons (Fsp3) is 0.0566. The standard InChI is InChI=1S/C53H38/c1-53(2)49-20-12-11-19-45(49)46-28-27-42(34-50(46)53)44-30-32-47-48(52(44)39-16-7-4-8-17-39)31-29-43(51(47)38-14-5-3-6-15-38)37-24-21-36(22-25-37)41-26-23-35-13-9-10-18-40(35)33-41/h3-34H,1-2H3. The lowest BCUT2D eigenvalue weighted by atomic mass is 9.80. The Morgan fingerprint density at radius 3 is 1.45 bits per heavy atom. The normalized spacial score (nSPS) is 12.9.